The lowest BCUT2D eigenvalue weighted by Gasteiger charge is -2.14. The molecule has 0 aliphatic rings. The maximum absolute atomic E-state index is 12.3. The molecule has 11 heteroatoms. The van der Waals surface area contributed by atoms with Gasteiger partial charge in [0.1, 0.15) is 15.5 Å². The van der Waals surface area contributed by atoms with Crippen molar-refractivity contribution in [2.24, 2.45) is 0 Å². The number of nitrogens with one attached hydrogen (secondary N) is 1. The molecule has 1 amide bonds. The number of anilines is 1. The molecule has 0 saturated carbocycles. The number of carbonyl (C=O) groups excluding carboxylic acids is 2. The summed E-state index contributed by atoms with van der Waals surface area (Å²) in [6, 6.07) is 5.13. The van der Waals surface area contributed by atoms with E-state index < -0.39 is 18.5 Å². The maximum Gasteiger partial charge on any atom is 0.348 e. The van der Waals surface area contributed by atoms with Crippen molar-refractivity contribution in [1.29, 1.82) is 0 Å². The second kappa shape index (κ2) is 9.84. The SMILES string of the molecule is COc1cc(OC)c(OC)cc1CNC(=O)COC(=O)c1cc2sc(N(C)C)nc2s1. The zero-order valence-electron chi connectivity index (χ0n) is 17.8. The summed E-state index contributed by atoms with van der Waals surface area (Å²) in [5.41, 5.74) is 0.695. The summed E-state index contributed by atoms with van der Waals surface area (Å²) in [4.78, 5) is 32.0. The Morgan fingerprint density at radius 3 is 2.29 bits per heavy atom. The molecule has 1 aromatic carbocycles. The van der Waals surface area contributed by atoms with Crippen molar-refractivity contribution in [3.05, 3.63) is 28.6 Å². The van der Waals surface area contributed by atoms with E-state index in [0.29, 0.717) is 27.7 Å². The van der Waals surface area contributed by atoms with Gasteiger partial charge in [-0.25, -0.2) is 9.78 Å². The predicted octanol–water partition coefficient (Wildman–Crippen LogP) is 2.92. The van der Waals surface area contributed by atoms with Crippen molar-refractivity contribution < 1.29 is 28.5 Å². The lowest BCUT2D eigenvalue weighted by molar-refractivity contribution is -0.124. The molecule has 9 nitrogen and oxygen atoms in total. The van der Waals surface area contributed by atoms with Gasteiger partial charge in [-0.3, -0.25) is 4.79 Å². The molecule has 31 heavy (non-hydrogen) atoms. The molecule has 3 aromatic rings. The van der Waals surface area contributed by atoms with Crippen molar-refractivity contribution in [2.75, 3.05) is 46.9 Å². The van der Waals surface area contributed by atoms with Gasteiger partial charge in [-0.1, -0.05) is 11.3 Å². The maximum atomic E-state index is 12.3. The van der Waals surface area contributed by atoms with E-state index in [1.54, 1.807) is 18.2 Å². The molecule has 0 saturated heterocycles. The molecule has 1 N–H and O–H groups in total. The highest BCUT2D eigenvalue weighted by atomic mass is 32.1. The quantitative estimate of drug-likeness (QED) is 0.482. The average Bonchev–Trinajstić information content (AvgIpc) is 3.35. The van der Waals surface area contributed by atoms with Crippen LogP contribution in [0.15, 0.2) is 18.2 Å². The molecule has 3 rings (SSSR count). The number of aromatic nitrogens is 1. The summed E-state index contributed by atoms with van der Waals surface area (Å²) in [6.45, 7) is -0.220. The number of rotatable bonds is 9. The minimum Gasteiger partial charge on any atom is -0.496 e. The van der Waals surface area contributed by atoms with Gasteiger partial charge in [0.25, 0.3) is 5.91 Å². The highest BCUT2D eigenvalue weighted by Gasteiger charge is 2.17. The number of thiophene rings is 1. The number of benzene rings is 1. The number of carbonyl (C=O) groups is 2. The monoisotopic (exact) mass is 465 g/mol. The molecule has 0 radical (unpaired) electrons. The number of nitrogens with zero attached hydrogens (tertiary/aromatic N) is 2. The molecule has 0 spiro atoms. The van der Waals surface area contributed by atoms with Crippen LogP contribution in [0.4, 0.5) is 5.13 Å². The number of amides is 1. The summed E-state index contributed by atoms with van der Waals surface area (Å²) in [6.07, 6.45) is 0. The van der Waals surface area contributed by atoms with E-state index in [1.807, 2.05) is 19.0 Å². The van der Waals surface area contributed by atoms with Gasteiger partial charge in [-0.15, -0.1) is 11.3 Å². The Labute approximate surface area is 187 Å². The Bertz CT molecular complexity index is 1060. The Hall–Kier alpha value is -3.05. The van der Waals surface area contributed by atoms with Gasteiger partial charge < -0.3 is 29.2 Å². The van der Waals surface area contributed by atoms with Gasteiger partial charge in [0.05, 0.1) is 26.0 Å². The molecule has 2 aromatic heterocycles. The van der Waals surface area contributed by atoms with Crippen LogP contribution < -0.4 is 24.4 Å². The largest absolute Gasteiger partial charge is 0.496 e. The average molecular weight is 466 g/mol. The third kappa shape index (κ3) is 5.17. The van der Waals surface area contributed by atoms with Crippen LogP contribution in [-0.4, -0.2) is 58.9 Å². The first-order valence-electron chi connectivity index (χ1n) is 9.16. The van der Waals surface area contributed by atoms with Gasteiger partial charge in [-0.2, -0.15) is 0 Å². The van der Waals surface area contributed by atoms with E-state index in [2.05, 4.69) is 10.3 Å². The third-order valence-corrected chi connectivity index (χ3v) is 6.57. The number of thiazole rings is 1. The fourth-order valence-electron chi connectivity index (χ4n) is 2.69. The first-order valence-corrected chi connectivity index (χ1v) is 10.8. The van der Waals surface area contributed by atoms with Crippen LogP contribution in [0.2, 0.25) is 0 Å². The Morgan fingerprint density at radius 2 is 1.68 bits per heavy atom. The highest BCUT2D eigenvalue weighted by molar-refractivity contribution is 7.29. The molecule has 0 bridgehead atoms. The van der Waals surface area contributed by atoms with Crippen LogP contribution in [0.3, 0.4) is 0 Å². The van der Waals surface area contributed by atoms with Gasteiger partial charge in [0, 0.05) is 32.3 Å². The Balaban J connectivity index is 1.56. The molecule has 0 unspecified atom stereocenters. The van der Waals surface area contributed by atoms with E-state index in [0.717, 1.165) is 14.7 Å². The summed E-state index contributed by atoms with van der Waals surface area (Å²) in [5, 5.41) is 3.57. The number of hydrogen-bond donors (Lipinski definition) is 1. The highest BCUT2D eigenvalue weighted by Crippen LogP contribution is 2.35. The minimum absolute atomic E-state index is 0.172. The van der Waals surface area contributed by atoms with Gasteiger partial charge in [0.2, 0.25) is 0 Å². The Kier molecular flexibility index (Phi) is 7.18. The second-order valence-electron chi connectivity index (χ2n) is 6.54. The molecule has 0 aliphatic carbocycles. The molecule has 0 aliphatic heterocycles. The number of hydrogen-bond acceptors (Lipinski definition) is 10. The normalized spacial score (nSPS) is 10.6. The standard InChI is InChI=1S/C20H23N3O6S2/c1-23(2)20-22-18-15(31-20)8-16(30-18)19(25)29-10-17(24)21-9-11-6-13(27-4)14(28-5)7-12(11)26-3/h6-8H,9-10H2,1-5H3,(H,21,24). The van der Waals surface area contributed by atoms with Crippen molar-refractivity contribution in [3.63, 3.8) is 0 Å². The number of fused-ring (bicyclic) bond motifs is 1. The van der Waals surface area contributed by atoms with Gasteiger partial charge in [0.15, 0.2) is 23.2 Å². The molecule has 0 atom stereocenters. The van der Waals surface area contributed by atoms with E-state index in [9.17, 15) is 9.59 Å². The lowest BCUT2D eigenvalue weighted by Crippen LogP contribution is -2.28. The number of ether oxygens (including phenoxy) is 4. The van der Waals surface area contributed by atoms with Gasteiger partial charge >= 0.3 is 5.97 Å². The summed E-state index contributed by atoms with van der Waals surface area (Å²) < 4.78 is 21.9. The third-order valence-electron chi connectivity index (χ3n) is 4.26. The van der Waals surface area contributed by atoms with Crippen LogP contribution in [0.5, 0.6) is 17.2 Å². The van der Waals surface area contributed by atoms with Crippen LogP contribution in [-0.2, 0) is 16.1 Å². The zero-order chi connectivity index (χ0) is 22.5. The predicted molar refractivity (Wildman–Crippen MR) is 120 cm³/mol. The van der Waals surface area contributed by atoms with Crippen LogP contribution >= 0.6 is 22.7 Å². The van der Waals surface area contributed by atoms with Crippen molar-refractivity contribution in [2.45, 2.75) is 6.54 Å². The van der Waals surface area contributed by atoms with E-state index in [-0.39, 0.29) is 6.54 Å². The van der Waals surface area contributed by atoms with E-state index >= 15 is 0 Å². The van der Waals surface area contributed by atoms with Crippen molar-refractivity contribution >= 4 is 49.2 Å². The first kappa shape index (κ1) is 22.6. The number of methoxy groups -OCH3 is 3. The molecular weight excluding hydrogens is 442 g/mol. The smallest absolute Gasteiger partial charge is 0.348 e. The van der Waals surface area contributed by atoms with Crippen molar-refractivity contribution in [1.82, 2.24) is 10.3 Å². The van der Waals surface area contributed by atoms with Crippen LogP contribution in [0.25, 0.3) is 9.53 Å². The minimum atomic E-state index is -0.555. The number of esters is 1. The van der Waals surface area contributed by atoms with E-state index in [4.69, 9.17) is 18.9 Å². The molecule has 2 heterocycles. The zero-order valence-corrected chi connectivity index (χ0v) is 19.4. The summed E-state index contributed by atoms with van der Waals surface area (Å²) in [7, 11) is 8.40. The van der Waals surface area contributed by atoms with Crippen molar-refractivity contribution in [3.8, 4) is 17.2 Å². The van der Waals surface area contributed by atoms with Crippen LogP contribution in [0.1, 0.15) is 15.2 Å². The first-order chi connectivity index (χ1) is 14.9. The lowest BCUT2D eigenvalue weighted by atomic mass is 10.1. The van der Waals surface area contributed by atoms with Gasteiger partial charge in [-0.05, 0) is 12.1 Å². The topological polar surface area (TPSA) is 99.2 Å². The molecular formula is C20H23N3O6S2. The Morgan fingerprint density at radius 1 is 1.00 bits per heavy atom. The summed E-state index contributed by atoms with van der Waals surface area (Å²) in [5.74, 6) is 0.587. The second-order valence-corrected chi connectivity index (χ2v) is 8.58. The molecule has 0 fully saturated rings. The fourth-order valence-corrected chi connectivity index (χ4v) is 4.72. The fraction of sp³-hybridized carbons (Fsp3) is 0.350. The van der Waals surface area contributed by atoms with Crippen LogP contribution in [0, 0.1) is 0 Å². The molecule has 166 valence electrons. The van der Waals surface area contributed by atoms with E-state index in [1.165, 1.54) is 44.0 Å². The summed E-state index contributed by atoms with van der Waals surface area (Å²) >= 11 is 2.73.